The standard InChI is InChI=1S/C13H23NO3/c1-9(2)13(12(16)17)6-7-14(8-13)10-4-3-5-11(10)15/h9-11,15H,3-8H2,1-2H3,(H,16,17). The van der Waals surface area contributed by atoms with Crippen molar-refractivity contribution < 1.29 is 15.0 Å². The minimum absolute atomic E-state index is 0.142. The molecule has 98 valence electrons. The summed E-state index contributed by atoms with van der Waals surface area (Å²) in [6, 6.07) is 0.190. The van der Waals surface area contributed by atoms with Gasteiger partial charge in [-0.2, -0.15) is 0 Å². The number of hydrogen-bond donors (Lipinski definition) is 2. The Kier molecular flexibility index (Phi) is 3.46. The minimum Gasteiger partial charge on any atom is -0.481 e. The number of carboxylic acids is 1. The lowest BCUT2D eigenvalue weighted by Gasteiger charge is -2.31. The summed E-state index contributed by atoms with van der Waals surface area (Å²) in [5.74, 6) is -0.536. The molecule has 1 aliphatic carbocycles. The molecule has 0 bridgehead atoms. The van der Waals surface area contributed by atoms with Crippen LogP contribution in [0.1, 0.15) is 39.5 Å². The fourth-order valence-corrected chi connectivity index (χ4v) is 3.39. The van der Waals surface area contributed by atoms with Gasteiger partial charge in [-0.05, 0) is 38.1 Å². The van der Waals surface area contributed by atoms with Crippen molar-refractivity contribution in [3.63, 3.8) is 0 Å². The Balaban J connectivity index is 2.09. The summed E-state index contributed by atoms with van der Waals surface area (Å²) in [7, 11) is 0. The topological polar surface area (TPSA) is 60.8 Å². The molecule has 1 heterocycles. The third-order valence-electron chi connectivity index (χ3n) is 4.77. The number of nitrogens with zero attached hydrogens (tertiary/aromatic N) is 1. The van der Waals surface area contributed by atoms with Crippen molar-refractivity contribution in [3.8, 4) is 0 Å². The molecule has 17 heavy (non-hydrogen) atoms. The summed E-state index contributed by atoms with van der Waals surface area (Å²) in [4.78, 5) is 13.7. The number of hydrogen-bond acceptors (Lipinski definition) is 3. The molecule has 4 nitrogen and oxygen atoms in total. The number of aliphatic carboxylic acids is 1. The quantitative estimate of drug-likeness (QED) is 0.782. The highest BCUT2D eigenvalue weighted by Crippen LogP contribution is 2.41. The highest BCUT2D eigenvalue weighted by Gasteiger charge is 2.49. The van der Waals surface area contributed by atoms with Crippen molar-refractivity contribution in [1.82, 2.24) is 4.90 Å². The Labute approximate surface area is 103 Å². The lowest BCUT2D eigenvalue weighted by atomic mass is 9.76. The van der Waals surface area contributed by atoms with Crippen LogP contribution in [0.4, 0.5) is 0 Å². The first-order valence-corrected chi connectivity index (χ1v) is 6.63. The third kappa shape index (κ3) is 2.08. The maximum absolute atomic E-state index is 11.5. The Bertz CT molecular complexity index is 305. The highest BCUT2D eigenvalue weighted by molar-refractivity contribution is 5.75. The normalized spacial score (nSPS) is 39.1. The van der Waals surface area contributed by atoms with Gasteiger partial charge >= 0.3 is 5.97 Å². The van der Waals surface area contributed by atoms with Crippen molar-refractivity contribution in [2.75, 3.05) is 13.1 Å². The smallest absolute Gasteiger partial charge is 0.311 e. The van der Waals surface area contributed by atoms with Crippen LogP contribution in [-0.4, -0.2) is 46.3 Å². The largest absolute Gasteiger partial charge is 0.481 e. The molecule has 2 fully saturated rings. The van der Waals surface area contributed by atoms with E-state index in [4.69, 9.17) is 0 Å². The molecule has 3 unspecified atom stereocenters. The molecule has 4 heteroatoms. The molecule has 0 aromatic carbocycles. The average molecular weight is 241 g/mol. The molecule has 2 rings (SSSR count). The number of aliphatic hydroxyl groups is 1. The molecule has 0 spiro atoms. The maximum atomic E-state index is 11.5. The van der Waals surface area contributed by atoms with Gasteiger partial charge in [-0.15, -0.1) is 0 Å². The van der Waals surface area contributed by atoms with Gasteiger partial charge in [-0.3, -0.25) is 9.69 Å². The predicted octanol–water partition coefficient (Wildman–Crippen LogP) is 1.33. The van der Waals surface area contributed by atoms with Gasteiger partial charge in [0.2, 0.25) is 0 Å². The summed E-state index contributed by atoms with van der Waals surface area (Å²) in [5, 5.41) is 19.4. The Hall–Kier alpha value is -0.610. The molecule has 1 aliphatic heterocycles. The van der Waals surface area contributed by atoms with Gasteiger partial charge < -0.3 is 10.2 Å². The van der Waals surface area contributed by atoms with Crippen LogP contribution in [0.25, 0.3) is 0 Å². The number of carboxylic acid groups (broad SMARTS) is 1. The second-order valence-electron chi connectivity index (χ2n) is 5.90. The van der Waals surface area contributed by atoms with E-state index < -0.39 is 11.4 Å². The van der Waals surface area contributed by atoms with Crippen LogP contribution >= 0.6 is 0 Å². The van der Waals surface area contributed by atoms with E-state index in [0.29, 0.717) is 13.0 Å². The maximum Gasteiger partial charge on any atom is 0.311 e. The summed E-state index contributed by atoms with van der Waals surface area (Å²) in [6.07, 6.45) is 3.39. The van der Waals surface area contributed by atoms with Crippen molar-refractivity contribution in [3.05, 3.63) is 0 Å². The van der Waals surface area contributed by atoms with Gasteiger partial charge in [-0.25, -0.2) is 0 Å². The molecule has 0 aromatic heterocycles. The Morgan fingerprint density at radius 3 is 2.53 bits per heavy atom. The first-order valence-electron chi connectivity index (χ1n) is 6.63. The van der Waals surface area contributed by atoms with Crippen molar-refractivity contribution in [1.29, 1.82) is 0 Å². The SMILES string of the molecule is CC(C)C1(C(=O)O)CCN(C2CCCC2O)C1. The van der Waals surface area contributed by atoms with Crippen molar-refractivity contribution in [2.45, 2.75) is 51.7 Å². The summed E-state index contributed by atoms with van der Waals surface area (Å²) in [6.45, 7) is 5.39. The zero-order valence-corrected chi connectivity index (χ0v) is 10.7. The van der Waals surface area contributed by atoms with E-state index in [0.717, 1.165) is 25.8 Å². The van der Waals surface area contributed by atoms with Crippen LogP contribution in [0.3, 0.4) is 0 Å². The van der Waals surface area contributed by atoms with Crippen LogP contribution in [0.15, 0.2) is 0 Å². The van der Waals surface area contributed by atoms with E-state index in [2.05, 4.69) is 4.90 Å². The Morgan fingerprint density at radius 2 is 2.12 bits per heavy atom. The van der Waals surface area contributed by atoms with Gasteiger partial charge in [0.15, 0.2) is 0 Å². The van der Waals surface area contributed by atoms with E-state index >= 15 is 0 Å². The molecule has 0 amide bonds. The lowest BCUT2D eigenvalue weighted by molar-refractivity contribution is -0.151. The first kappa shape index (κ1) is 12.8. The number of likely N-dealkylation sites (tertiary alicyclic amines) is 1. The summed E-state index contributed by atoms with van der Waals surface area (Å²) >= 11 is 0. The van der Waals surface area contributed by atoms with Gasteiger partial charge in [0.05, 0.1) is 11.5 Å². The van der Waals surface area contributed by atoms with Gasteiger partial charge in [0, 0.05) is 12.6 Å². The minimum atomic E-state index is -0.678. The predicted molar refractivity (Wildman–Crippen MR) is 64.7 cm³/mol. The number of rotatable bonds is 3. The van der Waals surface area contributed by atoms with Crippen LogP contribution in [0.5, 0.6) is 0 Å². The van der Waals surface area contributed by atoms with Gasteiger partial charge in [-0.1, -0.05) is 13.8 Å². The molecule has 1 saturated heterocycles. The average Bonchev–Trinajstić information content (AvgIpc) is 2.83. The second kappa shape index (κ2) is 4.58. The molecular formula is C13H23NO3. The molecule has 0 aromatic rings. The van der Waals surface area contributed by atoms with Crippen molar-refractivity contribution >= 4 is 5.97 Å². The number of aliphatic hydroxyl groups excluding tert-OH is 1. The summed E-state index contributed by atoms with van der Waals surface area (Å²) < 4.78 is 0. The van der Waals surface area contributed by atoms with E-state index in [9.17, 15) is 15.0 Å². The zero-order chi connectivity index (χ0) is 12.6. The van der Waals surface area contributed by atoms with E-state index in [1.165, 1.54) is 0 Å². The monoisotopic (exact) mass is 241 g/mol. The number of carbonyl (C=O) groups is 1. The fraction of sp³-hybridized carbons (Fsp3) is 0.923. The Morgan fingerprint density at radius 1 is 1.41 bits per heavy atom. The van der Waals surface area contributed by atoms with Crippen molar-refractivity contribution in [2.24, 2.45) is 11.3 Å². The lowest BCUT2D eigenvalue weighted by Crippen LogP contribution is -2.44. The molecule has 1 saturated carbocycles. The van der Waals surface area contributed by atoms with Crippen LogP contribution < -0.4 is 0 Å². The first-order chi connectivity index (χ1) is 7.97. The second-order valence-corrected chi connectivity index (χ2v) is 5.90. The van der Waals surface area contributed by atoms with E-state index in [1.54, 1.807) is 0 Å². The van der Waals surface area contributed by atoms with Gasteiger partial charge in [0.1, 0.15) is 0 Å². The zero-order valence-electron chi connectivity index (χ0n) is 10.7. The highest BCUT2D eigenvalue weighted by atomic mass is 16.4. The molecule has 2 N–H and O–H groups in total. The van der Waals surface area contributed by atoms with E-state index in [1.807, 2.05) is 13.8 Å². The third-order valence-corrected chi connectivity index (χ3v) is 4.77. The molecular weight excluding hydrogens is 218 g/mol. The van der Waals surface area contributed by atoms with Gasteiger partial charge in [0.25, 0.3) is 0 Å². The van der Waals surface area contributed by atoms with Crippen LogP contribution in [-0.2, 0) is 4.79 Å². The van der Waals surface area contributed by atoms with E-state index in [-0.39, 0.29) is 18.1 Å². The molecule has 3 atom stereocenters. The molecule has 2 aliphatic rings. The summed E-state index contributed by atoms with van der Waals surface area (Å²) in [5.41, 5.74) is -0.609. The fourth-order valence-electron chi connectivity index (χ4n) is 3.39. The van der Waals surface area contributed by atoms with Crippen LogP contribution in [0.2, 0.25) is 0 Å². The molecule has 0 radical (unpaired) electrons. The van der Waals surface area contributed by atoms with Crippen LogP contribution in [0, 0.1) is 11.3 Å².